The van der Waals surface area contributed by atoms with Gasteiger partial charge in [-0.1, -0.05) is 12.1 Å². The maximum atomic E-state index is 12.4. The van der Waals surface area contributed by atoms with Crippen LogP contribution >= 0.6 is 0 Å². The molecule has 1 fully saturated rings. The zero-order valence-corrected chi connectivity index (χ0v) is 13.3. The maximum Gasteiger partial charge on any atom is 0.254 e. The standard InChI is InChI=1S/C18H24N2O3/c21-12-14-7-9-20(10-8-14)17-6-2-1-5-16(17)19-18(22)15-4-3-11-23-13-15/h1-2,5-6,13-14,21H,3-4,7-12H2,(H,19,22). The molecule has 0 aromatic heterocycles. The molecule has 0 saturated carbocycles. The van der Waals surface area contributed by atoms with Gasteiger partial charge in [-0.25, -0.2) is 0 Å². The fourth-order valence-corrected chi connectivity index (χ4v) is 3.15. The second kappa shape index (κ2) is 7.51. The summed E-state index contributed by atoms with van der Waals surface area (Å²) >= 11 is 0. The highest BCUT2D eigenvalue weighted by molar-refractivity contribution is 6.05. The fourth-order valence-electron chi connectivity index (χ4n) is 3.15. The number of carbonyl (C=O) groups excluding carboxylic acids is 1. The number of hydrogen-bond acceptors (Lipinski definition) is 4. The van der Waals surface area contributed by atoms with Crippen LogP contribution in [0.4, 0.5) is 11.4 Å². The van der Waals surface area contributed by atoms with Crippen LogP contribution in [0.1, 0.15) is 25.7 Å². The Morgan fingerprint density at radius 3 is 2.78 bits per heavy atom. The first-order valence-corrected chi connectivity index (χ1v) is 8.35. The van der Waals surface area contributed by atoms with E-state index in [0.717, 1.165) is 50.1 Å². The summed E-state index contributed by atoms with van der Waals surface area (Å²) in [7, 11) is 0. The highest BCUT2D eigenvalue weighted by Gasteiger charge is 2.21. The Morgan fingerprint density at radius 2 is 2.09 bits per heavy atom. The fraction of sp³-hybridized carbons (Fsp3) is 0.500. The molecule has 5 nitrogen and oxygen atoms in total. The number of amides is 1. The number of ether oxygens (including phenoxy) is 1. The Balaban J connectivity index is 1.71. The molecule has 2 heterocycles. The third-order valence-corrected chi connectivity index (χ3v) is 4.59. The van der Waals surface area contributed by atoms with Gasteiger partial charge in [0, 0.05) is 19.7 Å². The molecule has 2 N–H and O–H groups in total. The van der Waals surface area contributed by atoms with Crippen molar-refractivity contribution in [3.63, 3.8) is 0 Å². The minimum absolute atomic E-state index is 0.0811. The highest BCUT2D eigenvalue weighted by Crippen LogP contribution is 2.30. The molecular weight excluding hydrogens is 292 g/mol. The molecule has 0 spiro atoms. The van der Waals surface area contributed by atoms with Crippen LogP contribution in [-0.4, -0.2) is 37.3 Å². The molecule has 1 aromatic carbocycles. The first-order valence-electron chi connectivity index (χ1n) is 8.35. The number of aliphatic hydroxyl groups excluding tert-OH is 1. The summed E-state index contributed by atoms with van der Waals surface area (Å²) < 4.78 is 5.25. The summed E-state index contributed by atoms with van der Waals surface area (Å²) in [6, 6.07) is 7.91. The van der Waals surface area contributed by atoms with E-state index in [4.69, 9.17) is 4.74 Å². The molecule has 2 aliphatic rings. The minimum atomic E-state index is -0.0811. The second-order valence-electron chi connectivity index (χ2n) is 6.20. The van der Waals surface area contributed by atoms with Gasteiger partial charge in [-0.2, -0.15) is 0 Å². The number of piperidine rings is 1. The average molecular weight is 316 g/mol. The lowest BCUT2D eigenvalue weighted by Gasteiger charge is -2.34. The molecule has 0 unspecified atom stereocenters. The molecule has 1 aromatic rings. The summed E-state index contributed by atoms with van der Waals surface area (Å²) in [6.45, 7) is 2.77. The number of benzene rings is 1. The monoisotopic (exact) mass is 316 g/mol. The van der Waals surface area contributed by atoms with Crippen molar-refractivity contribution in [3.8, 4) is 0 Å². The lowest BCUT2D eigenvalue weighted by Crippen LogP contribution is -2.35. The van der Waals surface area contributed by atoms with E-state index in [1.54, 1.807) is 6.26 Å². The Labute approximate surface area is 136 Å². The molecule has 0 atom stereocenters. The first kappa shape index (κ1) is 15.9. The smallest absolute Gasteiger partial charge is 0.254 e. The minimum Gasteiger partial charge on any atom is -0.501 e. The van der Waals surface area contributed by atoms with E-state index in [0.29, 0.717) is 18.1 Å². The third-order valence-electron chi connectivity index (χ3n) is 4.59. The molecule has 23 heavy (non-hydrogen) atoms. The van der Waals surface area contributed by atoms with Gasteiger partial charge in [-0.05, 0) is 43.7 Å². The lowest BCUT2D eigenvalue weighted by atomic mass is 9.97. The van der Waals surface area contributed by atoms with E-state index in [-0.39, 0.29) is 12.5 Å². The number of carbonyl (C=O) groups is 1. The Hall–Kier alpha value is -2.01. The zero-order valence-electron chi connectivity index (χ0n) is 13.3. The van der Waals surface area contributed by atoms with Crippen molar-refractivity contribution in [2.24, 2.45) is 5.92 Å². The molecular formula is C18H24N2O3. The van der Waals surface area contributed by atoms with Gasteiger partial charge in [-0.3, -0.25) is 4.79 Å². The van der Waals surface area contributed by atoms with Crippen molar-refractivity contribution in [2.75, 3.05) is 36.5 Å². The van der Waals surface area contributed by atoms with Crippen molar-refractivity contribution >= 4 is 17.3 Å². The number of rotatable bonds is 4. The van der Waals surface area contributed by atoms with Crippen molar-refractivity contribution < 1.29 is 14.6 Å². The van der Waals surface area contributed by atoms with Gasteiger partial charge >= 0.3 is 0 Å². The van der Waals surface area contributed by atoms with Crippen LogP contribution in [0.3, 0.4) is 0 Å². The van der Waals surface area contributed by atoms with Crippen LogP contribution in [-0.2, 0) is 9.53 Å². The van der Waals surface area contributed by atoms with E-state index < -0.39 is 0 Å². The van der Waals surface area contributed by atoms with E-state index in [9.17, 15) is 9.90 Å². The van der Waals surface area contributed by atoms with Gasteiger partial charge in [0.05, 0.1) is 29.8 Å². The van der Waals surface area contributed by atoms with Crippen LogP contribution in [0.25, 0.3) is 0 Å². The normalized spacial score (nSPS) is 19.0. The maximum absolute atomic E-state index is 12.4. The highest BCUT2D eigenvalue weighted by atomic mass is 16.5. The molecule has 1 amide bonds. The first-order chi connectivity index (χ1) is 11.3. The summed E-state index contributed by atoms with van der Waals surface area (Å²) in [5.41, 5.74) is 2.59. The predicted octanol–water partition coefficient (Wildman–Crippen LogP) is 2.53. The third kappa shape index (κ3) is 3.85. The van der Waals surface area contributed by atoms with Gasteiger partial charge in [0.2, 0.25) is 0 Å². The average Bonchev–Trinajstić information content (AvgIpc) is 2.63. The van der Waals surface area contributed by atoms with Gasteiger partial charge in [0.15, 0.2) is 0 Å². The molecule has 0 bridgehead atoms. The van der Waals surface area contributed by atoms with Gasteiger partial charge in [0.1, 0.15) is 0 Å². The van der Waals surface area contributed by atoms with Crippen LogP contribution in [0, 0.1) is 5.92 Å². The Kier molecular flexibility index (Phi) is 5.18. The molecule has 0 radical (unpaired) electrons. The summed E-state index contributed by atoms with van der Waals surface area (Å²) in [5.74, 6) is 0.319. The topological polar surface area (TPSA) is 61.8 Å². The Morgan fingerprint density at radius 1 is 1.30 bits per heavy atom. The van der Waals surface area contributed by atoms with Crippen LogP contribution < -0.4 is 10.2 Å². The van der Waals surface area contributed by atoms with Crippen molar-refractivity contribution in [1.82, 2.24) is 0 Å². The predicted molar refractivity (Wildman–Crippen MR) is 90.4 cm³/mol. The molecule has 124 valence electrons. The van der Waals surface area contributed by atoms with E-state index in [2.05, 4.69) is 10.2 Å². The van der Waals surface area contributed by atoms with E-state index in [1.807, 2.05) is 24.3 Å². The van der Waals surface area contributed by atoms with E-state index in [1.165, 1.54) is 0 Å². The molecule has 1 saturated heterocycles. The quantitative estimate of drug-likeness (QED) is 0.896. The molecule has 3 rings (SSSR count). The number of para-hydroxylation sites is 2. The molecule has 0 aliphatic carbocycles. The number of anilines is 2. The van der Waals surface area contributed by atoms with Crippen molar-refractivity contribution in [3.05, 3.63) is 36.1 Å². The second-order valence-corrected chi connectivity index (χ2v) is 6.20. The van der Waals surface area contributed by atoms with Crippen LogP contribution in [0.2, 0.25) is 0 Å². The summed E-state index contributed by atoms with van der Waals surface area (Å²) in [5, 5.41) is 12.3. The van der Waals surface area contributed by atoms with Crippen LogP contribution in [0.15, 0.2) is 36.1 Å². The van der Waals surface area contributed by atoms with Crippen molar-refractivity contribution in [1.29, 1.82) is 0 Å². The SMILES string of the molecule is O=C(Nc1ccccc1N1CCC(CO)CC1)C1=COCCC1. The number of nitrogens with zero attached hydrogens (tertiary/aromatic N) is 1. The van der Waals surface area contributed by atoms with Crippen molar-refractivity contribution in [2.45, 2.75) is 25.7 Å². The van der Waals surface area contributed by atoms with Crippen LogP contribution in [0.5, 0.6) is 0 Å². The van der Waals surface area contributed by atoms with Gasteiger partial charge in [0.25, 0.3) is 5.91 Å². The number of nitrogens with one attached hydrogen (secondary N) is 1. The molecule has 2 aliphatic heterocycles. The van der Waals surface area contributed by atoms with E-state index >= 15 is 0 Å². The summed E-state index contributed by atoms with van der Waals surface area (Å²) in [6.07, 6.45) is 5.19. The number of aliphatic hydroxyl groups is 1. The Bertz CT molecular complexity index is 577. The number of hydrogen-bond donors (Lipinski definition) is 2. The zero-order chi connectivity index (χ0) is 16.1. The molecule has 5 heteroatoms. The lowest BCUT2D eigenvalue weighted by molar-refractivity contribution is -0.113. The van der Waals surface area contributed by atoms with Gasteiger partial charge < -0.3 is 20.1 Å². The van der Waals surface area contributed by atoms with Gasteiger partial charge in [-0.15, -0.1) is 0 Å². The largest absolute Gasteiger partial charge is 0.501 e. The summed E-state index contributed by atoms with van der Waals surface area (Å²) in [4.78, 5) is 14.7.